The van der Waals surface area contributed by atoms with Crippen molar-refractivity contribution in [1.29, 1.82) is 0 Å². The Morgan fingerprint density at radius 2 is 2.00 bits per heavy atom. The molecule has 0 amide bonds. The maximum Gasteiger partial charge on any atom is 0.158 e. The van der Waals surface area contributed by atoms with Crippen LogP contribution in [0, 0.1) is 12.7 Å². The molecule has 0 saturated heterocycles. The first kappa shape index (κ1) is 14.2. The molecule has 0 saturated carbocycles. The lowest BCUT2D eigenvalue weighted by Gasteiger charge is -2.11. The molecule has 0 aliphatic heterocycles. The molecule has 0 unspecified atom stereocenters. The number of rotatable bonds is 5. The van der Waals surface area contributed by atoms with E-state index < -0.39 is 0 Å². The minimum Gasteiger partial charge on any atom is -0.377 e. The Bertz CT molecular complexity index is 604. The van der Waals surface area contributed by atoms with Crippen LogP contribution < -0.4 is 10.6 Å². The Labute approximate surface area is 117 Å². The van der Waals surface area contributed by atoms with E-state index in [1.165, 1.54) is 6.07 Å². The number of halogens is 1. The number of ether oxygens (including phenoxy) is 1. The van der Waals surface area contributed by atoms with Crippen LogP contribution >= 0.6 is 0 Å². The van der Waals surface area contributed by atoms with E-state index in [-0.39, 0.29) is 5.82 Å². The number of nitrogens with zero attached hydrogens (tertiary/aromatic N) is 2. The van der Waals surface area contributed by atoms with Crippen LogP contribution in [0.15, 0.2) is 24.3 Å². The van der Waals surface area contributed by atoms with Crippen LogP contribution in [0.1, 0.15) is 11.4 Å². The van der Waals surface area contributed by atoms with E-state index in [4.69, 9.17) is 4.74 Å². The third-order valence-corrected chi connectivity index (χ3v) is 2.83. The van der Waals surface area contributed by atoms with E-state index in [9.17, 15) is 4.39 Å². The first-order valence-corrected chi connectivity index (χ1v) is 6.21. The molecule has 1 heterocycles. The average molecular weight is 276 g/mol. The predicted molar refractivity (Wildman–Crippen MR) is 76.7 cm³/mol. The number of anilines is 3. The van der Waals surface area contributed by atoms with E-state index in [1.807, 2.05) is 0 Å². The summed E-state index contributed by atoms with van der Waals surface area (Å²) < 4.78 is 18.6. The summed E-state index contributed by atoms with van der Waals surface area (Å²) in [6, 6.07) is 6.63. The van der Waals surface area contributed by atoms with Crippen LogP contribution in [0.3, 0.4) is 0 Å². The van der Waals surface area contributed by atoms with Gasteiger partial charge in [-0.25, -0.2) is 14.4 Å². The van der Waals surface area contributed by atoms with Gasteiger partial charge in [0.2, 0.25) is 0 Å². The van der Waals surface area contributed by atoms with E-state index in [0.29, 0.717) is 35.3 Å². The van der Waals surface area contributed by atoms with Gasteiger partial charge in [0.15, 0.2) is 5.82 Å². The van der Waals surface area contributed by atoms with Crippen molar-refractivity contribution in [1.82, 2.24) is 9.97 Å². The third-order valence-electron chi connectivity index (χ3n) is 2.83. The highest BCUT2D eigenvalue weighted by molar-refractivity contribution is 5.62. The summed E-state index contributed by atoms with van der Waals surface area (Å²) in [6.45, 7) is 2.03. The van der Waals surface area contributed by atoms with Crippen LogP contribution in [-0.2, 0) is 11.3 Å². The summed E-state index contributed by atoms with van der Waals surface area (Å²) in [4.78, 5) is 8.59. The molecule has 2 N–H and O–H groups in total. The molecule has 20 heavy (non-hydrogen) atoms. The number of aromatic nitrogens is 2. The minimum atomic E-state index is -0.255. The minimum absolute atomic E-state index is 0.255. The molecular formula is C14H17FN4O. The largest absolute Gasteiger partial charge is 0.377 e. The third kappa shape index (κ3) is 3.21. The van der Waals surface area contributed by atoms with E-state index >= 15 is 0 Å². The van der Waals surface area contributed by atoms with Crippen molar-refractivity contribution in [3.63, 3.8) is 0 Å². The zero-order valence-corrected chi connectivity index (χ0v) is 11.7. The molecule has 0 spiro atoms. The Balaban J connectivity index is 2.32. The SMILES string of the molecule is CNc1cc(Nc2cccc(F)c2C)nc(COC)n1. The van der Waals surface area contributed by atoms with E-state index in [2.05, 4.69) is 20.6 Å². The van der Waals surface area contributed by atoms with Crippen molar-refractivity contribution in [2.24, 2.45) is 0 Å². The second-order valence-electron chi connectivity index (χ2n) is 4.28. The van der Waals surface area contributed by atoms with Crippen LogP contribution in [0.2, 0.25) is 0 Å². The summed E-state index contributed by atoms with van der Waals surface area (Å²) in [5.41, 5.74) is 1.22. The normalized spacial score (nSPS) is 10.4. The fraction of sp³-hybridized carbons (Fsp3) is 0.286. The maximum absolute atomic E-state index is 13.5. The van der Waals surface area contributed by atoms with E-state index in [1.54, 1.807) is 39.3 Å². The van der Waals surface area contributed by atoms with E-state index in [0.717, 1.165) is 0 Å². The van der Waals surface area contributed by atoms with Gasteiger partial charge in [-0.05, 0) is 19.1 Å². The predicted octanol–water partition coefficient (Wildman–Crippen LogP) is 2.86. The molecule has 2 aromatic rings. The monoisotopic (exact) mass is 276 g/mol. The van der Waals surface area contributed by atoms with Crippen LogP contribution in [-0.4, -0.2) is 24.1 Å². The van der Waals surface area contributed by atoms with Gasteiger partial charge in [0.25, 0.3) is 0 Å². The van der Waals surface area contributed by atoms with Crippen molar-refractivity contribution in [3.05, 3.63) is 41.5 Å². The number of benzene rings is 1. The first-order chi connectivity index (χ1) is 9.63. The molecule has 0 aliphatic rings. The molecule has 0 atom stereocenters. The second-order valence-corrected chi connectivity index (χ2v) is 4.28. The summed E-state index contributed by atoms with van der Waals surface area (Å²) in [6.07, 6.45) is 0. The molecule has 106 valence electrons. The summed E-state index contributed by atoms with van der Waals surface area (Å²) >= 11 is 0. The number of hydrogen-bond acceptors (Lipinski definition) is 5. The van der Waals surface area contributed by atoms with Crippen molar-refractivity contribution >= 4 is 17.3 Å². The molecule has 0 fully saturated rings. The van der Waals surface area contributed by atoms with Gasteiger partial charge in [-0.3, -0.25) is 0 Å². The van der Waals surface area contributed by atoms with Gasteiger partial charge >= 0.3 is 0 Å². The quantitative estimate of drug-likeness (QED) is 0.879. The maximum atomic E-state index is 13.5. The summed E-state index contributed by atoms with van der Waals surface area (Å²) in [5, 5.41) is 6.06. The second kappa shape index (κ2) is 6.29. The topological polar surface area (TPSA) is 59.1 Å². The highest BCUT2D eigenvalue weighted by atomic mass is 19.1. The van der Waals surface area contributed by atoms with Gasteiger partial charge in [-0.1, -0.05) is 6.07 Å². The molecule has 0 aliphatic carbocycles. The zero-order valence-electron chi connectivity index (χ0n) is 11.7. The lowest BCUT2D eigenvalue weighted by Crippen LogP contribution is -2.05. The Kier molecular flexibility index (Phi) is 4.47. The molecule has 0 radical (unpaired) electrons. The van der Waals surface area contributed by atoms with Crippen LogP contribution in [0.4, 0.5) is 21.7 Å². The number of nitrogens with one attached hydrogen (secondary N) is 2. The van der Waals surface area contributed by atoms with Gasteiger partial charge in [0.1, 0.15) is 24.1 Å². The van der Waals surface area contributed by atoms with Gasteiger partial charge < -0.3 is 15.4 Å². The van der Waals surface area contributed by atoms with Crippen molar-refractivity contribution in [3.8, 4) is 0 Å². The molecule has 0 bridgehead atoms. The Morgan fingerprint density at radius 3 is 2.70 bits per heavy atom. The van der Waals surface area contributed by atoms with Gasteiger partial charge in [-0.15, -0.1) is 0 Å². The van der Waals surface area contributed by atoms with Crippen molar-refractivity contribution in [2.45, 2.75) is 13.5 Å². The Morgan fingerprint density at radius 1 is 1.25 bits per heavy atom. The highest BCUT2D eigenvalue weighted by Crippen LogP contribution is 2.22. The fourth-order valence-corrected chi connectivity index (χ4v) is 1.76. The smallest absolute Gasteiger partial charge is 0.158 e. The summed E-state index contributed by atoms with van der Waals surface area (Å²) in [5.74, 6) is 1.56. The zero-order chi connectivity index (χ0) is 14.5. The molecule has 5 nitrogen and oxygen atoms in total. The highest BCUT2D eigenvalue weighted by Gasteiger charge is 2.07. The van der Waals surface area contributed by atoms with Crippen LogP contribution in [0.5, 0.6) is 0 Å². The van der Waals surface area contributed by atoms with Gasteiger partial charge in [0.05, 0.1) is 0 Å². The summed E-state index contributed by atoms with van der Waals surface area (Å²) in [7, 11) is 3.36. The van der Waals surface area contributed by atoms with Gasteiger partial charge in [-0.2, -0.15) is 0 Å². The number of hydrogen-bond donors (Lipinski definition) is 2. The van der Waals surface area contributed by atoms with Crippen molar-refractivity contribution in [2.75, 3.05) is 24.8 Å². The van der Waals surface area contributed by atoms with Crippen LogP contribution in [0.25, 0.3) is 0 Å². The molecular weight excluding hydrogens is 259 g/mol. The average Bonchev–Trinajstić information content (AvgIpc) is 2.44. The standard InChI is InChI=1S/C14H17FN4O/c1-9-10(15)5-4-6-11(9)17-13-7-12(16-2)18-14(19-13)8-20-3/h4-7H,8H2,1-3H3,(H2,16,17,18,19). The van der Waals surface area contributed by atoms with Gasteiger partial charge in [0, 0.05) is 31.5 Å². The lowest BCUT2D eigenvalue weighted by atomic mass is 10.2. The molecule has 6 heteroatoms. The Hall–Kier alpha value is -2.21. The molecule has 1 aromatic carbocycles. The molecule has 1 aromatic heterocycles. The fourth-order valence-electron chi connectivity index (χ4n) is 1.76. The molecule has 2 rings (SSSR count). The first-order valence-electron chi connectivity index (χ1n) is 6.21. The van der Waals surface area contributed by atoms with Crippen molar-refractivity contribution < 1.29 is 9.13 Å². The number of methoxy groups -OCH3 is 1. The lowest BCUT2D eigenvalue weighted by molar-refractivity contribution is 0.178.